The van der Waals surface area contributed by atoms with Crippen LogP contribution in [0.4, 0.5) is 11.8 Å². The first-order valence-corrected chi connectivity index (χ1v) is 5.98. The molecule has 0 aliphatic carbocycles. The Balaban J connectivity index is 2.26. The fourth-order valence-corrected chi connectivity index (χ4v) is 2.03. The Morgan fingerprint density at radius 2 is 2.00 bits per heavy atom. The minimum Gasteiger partial charge on any atom is -0.385 e. The molecule has 8 nitrogen and oxygen atoms in total. The summed E-state index contributed by atoms with van der Waals surface area (Å²) in [6.45, 7) is 1.01. The molecule has 1 atom stereocenters. The molecule has 0 aliphatic rings. The van der Waals surface area contributed by atoms with E-state index in [0.29, 0.717) is 28.7 Å². The maximum absolute atomic E-state index is 10.1. The van der Waals surface area contributed by atoms with Crippen molar-refractivity contribution in [1.29, 1.82) is 0 Å². The molecule has 0 saturated carbocycles. The zero-order chi connectivity index (χ0) is 14.2. The molecule has 0 fully saturated rings. The van der Waals surface area contributed by atoms with Crippen molar-refractivity contribution in [3.8, 4) is 0 Å². The average molecular weight is 266 g/mol. The molecule has 0 saturated heterocycles. The van der Waals surface area contributed by atoms with E-state index in [2.05, 4.69) is 15.0 Å². The summed E-state index contributed by atoms with van der Waals surface area (Å²) < 4.78 is 2.41. The van der Waals surface area contributed by atoms with Crippen molar-refractivity contribution in [3.05, 3.63) is 6.33 Å². The molecule has 0 radical (unpaired) electrons. The van der Waals surface area contributed by atoms with E-state index in [4.69, 9.17) is 11.5 Å². The standard InChI is InChI=1S/C11H20N7O/c1-18(2,3)5-7(19)4-17-6-14-8-9(12)15-11(13)16-10(8)17/h6-7,19H,4-5H2,1-3H3,(H4,12,13,15,16)/q+1. The molecule has 1 unspecified atom stereocenters. The maximum Gasteiger partial charge on any atom is 0.224 e. The lowest BCUT2D eigenvalue weighted by Gasteiger charge is -2.26. The predicted molar refractivity (Wildman–Crippen MR) is 73.1 cm³/mol. The molecule has 0 aliphatic heterocycles. The van der Waals surface area contributed by atoms with Crippen LogP contribution in [0, 0.1) is 0 Å². The van der Waals surface area contributed by atoms with Crippen molar-refractivity contribution >= 4 is 22.9 Å². The highest BCUT2D eigenvalue weighted by Gasteiger charge is 2.18. The van der Waals surface area contributed by atoms with Gasteiger partial charge in [-0.1, -0.05) is 0 Å². The molecule has 5 N–H and O–H groups in total. The van der Waals surface area contributed by atoms with Gasteiger partial charge in [-0.2, -0.15) is 9.97 Å². The van der Waals surface area contributed by atoms with Crippen LogP contribution in [-0.4, -0.2) is 62.9 Å². The van der Waals surface area contributed by atoms with Crippen molar-refractivity contribution in [3.63, 3.8) is 0 Å². The van der Waals surface area contributed by atoms with Gasteiger partial charge in [0.2, 0.25) is 5.95 Å². The van der Waals surface area contributed by atoms with Crippen molar-refractivity contribution < 1.29 is 9.59 Å². The molecule has 0 aromatic carbocycles. The summed E-state index contributed by atoms with van der Waals surface area (Å²) in [5, 5.41) is 10.1. The quantitative estimate of drug-likeness (QED) is 0.615. The van der Waals surface area contributed by atoms with E-state index in [0.717, 1.165) is 0 Å². The van der Waals surface area contributed by atoms with E-state index in [1.54, 1.807) is 10.9 Å². The number of aliphatic hydroxyl groups excluding tert-OH is 1. The Morgan fingerprint density at radius 1 is 1.32 bits per heavy atom. The van der Waals surface area contributed by atoms with Gasteiger partial charge >= 0.3 is 0 Å². The second-order valence-corrected chi connectivity index (χ2v) is 5.66. The molecule has 8 heteroatoms. The van der Waals surface area contributed by atoms with Crippen LogP contribution in [0.15, 0.2) is 6.33 Å². The molecule has 2 rings (SSSR count). The third-order valence-electron chi connectivity index (χ3n) is 2.67. The normalized spacial score (nSPS) is 13.9. The van der Waals surface area contributed by atoms with Crippen molar-refractivity contribution in [2.75, 3.05) is 39.2 Å². The first kappa shape index (κ1) is 13.5. The van der Waals surface area contributed by atoms with E-state index in [-0.39, 0.29) is 11.8 Å². The number of aromatic nitrogens is 4. The fraction of sp³-hybridized carbons (Fsp3) is 0.545. The van der Waals surface area contributed by atoms with Gasteiger partial charge in [-0.05, 0) is 0 Å². The number of fused-ring (bicyclic) bond motifs is 1. The number of likely N-dealkylation sites (N-methyl/N-ethyl adjacent to an activating group) is 1. The van der Waals surface area contributed by atoms with Gasteiger partial charge in [0.15, 0.2) is 11.5 Å². The van der Waals surface area contributed by atoms with E-state index in [1.165, 1.54) is 0 Å². The molecule has 104 valence electrons. The molecule has 2 aromatic heterocycles. The number of aliphatic hydroxyl groups is 1. The Kier molecular flexibility index (Phi) is 3.29. The summed E-state index contributed by atoms with van der Waals surface area (Å²) in [7, 11) is 6.06. The van der Waals surface area contributed by atoms with Gasteiger partial charge in [0.1, 0.15) is 18.2 Å². The van der Waals surface area contributed by atoms with Gasteiger partial charge in [-0.25, -0.2) is 4.98 Å². The first-order valence-electron chi connectivity index (χ1n) is 5.98. The number of nitrogens with zero attached hydrogens (tertiary/aromatic N) is 5. The lowest BCUT2D eigenvalue weighted by molar-refractivity contribution is -0.873. The highest BCUT2D eigenvalue weighted by Crippen LogP contribution is 2.17. The van der Waals surface area contributed by atoms with Crippen LogP contribution in [0.3, 0.4) is 0 Å². The van der Waals surface area contributed by atoms with E-state index < -0.39 is 6.10 Å². The van der Waals surface area contributed by atoms with Crippen LogP contribution in [0.5, 0.6) is 0 Å². The van der Waals surface area contributed by atoms with Gasteiger partial charge in [0.05, 0.1) is 34.0 Å². The number of quaternary nitrogens is 1. The Hall–Kier alpha value is -1.93. The zero-order valence-corrected chi connectivity index (χ0v) is 11.4. The summed E-state index contributed by atoms with van der Waals surface area (Å²) in [6, 6.07) is 0. The zero-order valence-electron chi connectivity index (χ0n) is 11.4. The fourth-order valence-electron chi connectivity index (χ4n) is 2.03. The molecule has 19 heavy (non-hydrogen) atoms. The molecular formula is C11H20N7O+. The summed E-state index contributed by atoms with van der Waals surface area (Å²) in [5.74, 6) is 0.357. The van der Waals surface area contributed by atoms with Crippen molar-refractivity contribution in [2.45, 2.75) is 12.6 Å². The third kappa shape index (κ3) is 3.09. The van der Waals surface area contributed by atoms with Crippen LogP contribution in [0.1, 0.15) is 0 Å². The topological polar surface area (TPSA) is 116 Å². The van der Waals surface area contributed by atoms with E-state index in [9.17, 15) is 5.11 Å². The lowest BCUT2D eigenvalue weighted by atomic mass is 10.3. The summed E-state index contributed by atoms with van der Waals surface area (Å²) in [4.78, 5) is 12.1. The van der Waals surface area contributed by atoms with E-state index >= 15 is 0 Å². The molecule has 0 amide bonds. The number of nitrogen functional groups attached to an aromatic ring is 2. The average Bonchev–Trinajstić information content (AvgIpc) is 2.58. The maximum atomic E-state index is 10.1. The molecule has 0 bridgehead atoms. The van der Waals surface area contributed by atoms with Gasteiger partial charge in [-0.15, -0.1) is 0 Å². The number of imidazole rings is 1. The smallest absolute Gasteiger partial charge is 0.224 e. The SMILES string of the molecule is C[N+](C)(C)CC(O)Cn1cnc2c(N)nc(N)nc21. The first-order chi connectivity index (χ1) is 8.76. The van der Waals surface area contributed by atoms with Gasteiger partial charge < -0.3 is 25.6 Å². The van der Waals surface area contributed by atoms with E-state index in [1.807, 2.05) is 21.1 Å². The third-order valence-corrected chi connectivity index (χ3v) is 2.67. The van der Waals surface area contributed by atoms with Crippen LogP contribution in [-0.2, 0) is 6.54 Å². The van der Waals surface area contributed by atoms with Crippen LogP contribution in [0.25, 0.3) is 11.2 Å². The van der Waals surface area contributed by atoms with Crippen molar-refractivity contribution in [1.82, 2.24) is 19.5 Å². The van der Waals surface area contributed by atoms with Crippen LogP contribution >= 0.6 is 0 Å². The summed E-state index contributed by atoms with van der Waals surface area (Å²) in [6.07, 6.45) is 1.09. The molecule has 2 heterocycles. The minimum atomic E-state index is -0.505. The summed E-state index contributed by atoms with van der Waals surface area (Å²) in [5.41, 5.74) is 12.4. The highest BCUT2D eigenvalue weighted by molar-refractivity contribution is 5.82. The Bertz CT molecular complexity index is 586. The predicted octanol–water partition coefficient (Wildman–Crippen LogP) is -0.942. The van der Waals surface area contributed by atoms with Gasteiger partial charge in [0, 0.05) is 0 Å². The number of rotatable bonds is 4. The van der Waals surface area contributed by atoms with Crippen LogP contribution in [0.2, 0.25) is 0 Å². The monoisotopic (exact) mass is 266 g/mol. The Morgan fingerprint density at radius 3 is 2.63 bits per heavy atom. The van der Waals surface area contributed by atoms with Crippen LogP contribution < -0.4 is 11.5 Å². The lowest BCUT2D eigenvalue weighted by Crippen LogP contribution is -2.42. The second kappa shape index (κ2) is 4.63. The Labute approximate surface area is 111 Å². The number of anilines is 2. The second-order valence-electron chi connectivity index (χ2n) is 5.66. The summed E-state index contributed by atoms with van der Waals surface area (Å²) >= 11 is 0. The molecular weight excluding hydrogens is 246 g/mol. The minimum absolute atomic E-state index is 0.104. The van der Waals surface area contributed by atoms with Gasteiger partial charge in [0.25, 0.3) is 0 Å². The molecule has 2 aromatic rings. The number of nitrogens with two attached hydrogens (primary N) is 2. The largest absolute Gasteiger partial charge is 0.385 e. The number of hydrogen-bond donors (Lipinski definition) is 3. The highest BCUT2D eigenvalue weighted by atomic mass is 16.3. The molecule has 0 spiro atoms. The van der Waals surface area contributed by atoms with Gasteiger partial charge in [-0.3, -0.25) is 0 Å². The van der Waals surface area contributed by atoms with Crippen molar-refractivity contribution in [2.24, 2.45) is 0 Å². The number of hydrogen-bond acceptors (Lipinski definition) is 6.